The first-order valence-corrected chi connectivity index (χ1v) is 10.8. The molecule has 0 aliphatic rings. The minimum Gasteiger partial charge on any atom is -0.483 e. The van der Waals surface area contributed by atoms with Gasteiger partial charge in [0.2, 0.25) is 4.96 Å². The summed E-state index contributed by atoms with van der Waals surface area (Å²) in [6, 6.07) is 9.22. The number of anilines is 1. The van der Waals surface area contributed by atoms with Gasteiger partial charge < -0.3 is 4.74 Å². The summed E-state index contributed by atoms with van der Waals surface area (Å²) in [7, 11) is 0. The van der Waals surface area contributed by atoms with Crippen molar-refractivity contribution in [3.63, 3.8) is 0 Å². The second kappa shape index (κ2) is 8.26. The number of benzene rings is 2. The average Bonchev–Trinajstić information content (AvgIpc) is 3.25. The van der Waals surface area contributed by atoms with E-state index in [-0.39, 0.29) is 18.5 Å². The van der Waals surface area contributed by atoms with Crippen LogP contribution in [0.1, 0.15) is 16.7 Å². The number of aryl methyl sites for hydroxylation is 2. The normalized spacial score (nSPS) is 11.1. The second-order valence-corrected chi connectivity index (χ2v) is 8.60. The van der Waals surface area contributed by atoms with Crippen molar-refractivity contribution in [2.75, 3.05) is 11.9 Å². The highest BCUT2D eigenvalue weighted by molar-refractivity contribution is 7.15. The standard InChI is InChI=1S/C21H18Cl2N4O2S/c1-11-6-12(2)13(3)18(7-11)29-9-19(28)24-20-25-21-27(26-20)17(10-30-21)15-8-14(22)4-5-16(15)23/h4-8,10H,9H2,1-3H3,(H,24,26,28). The van der Waals surface area contributed by atoms with Gasteiger partial charge >= 0.3 is 0 Å². The van der Waals surface area contributed by atoms with Crippen LogP contribution in [0.3, 0.4) is 0 Å². The molecule has 4 aromatic rings. The predicted molar refractivity (Wildman–Crippen MR) is 121 cm³/mol. The molecule has 9 heteroatoms. The maximum absolute atomic E-state index is 12.4. The van der Waals surface area contributed by atoms with E-state index in [0.717, 1.165) is 27.9 Å². The highest BCUT2D eigenvalue weighted by atomic mass is 35.5. The van der Waals surface area contributed by atoms with Gasteiger partial charge in [-0.15, -0.1) is 16.4 Å². The third kappa shape index (κ3) is 4.14. The molecule has 4 rings (SSSR count). The van der Waals surface area contributed by atoms with E-state index in [4.69, 9.17) is 27.9 Å². The van der Waals surface area contributed by atoms with Crippen LogP contribution in [0.4, 0.5) is 5.95 Å². The number of hydrogen-bond donors (Lipinski definition) is 1. The van der Waals surface area contributed by atoms with Gasteiger partial charge in [-0.3, -0.25) is 10.1 Å². The van der Waals surface area contributed by atoms with E-state index >= 15 is 0 Å². The quantitative estimate of drug-likeness (QED) is 0.414. The summed E-state index contributed by atoms with van der Waals surface area (Å²) in [5.41, 5.74) is 4.70. The van der Waals surface area contributed by atoms with Gasteiger partial charge in [0.05, 0.1) is 10.7 Å². The maximum atomic E-state index is 12.4. The molecule has 0 spiro atoms. The number of nitrogens with zero attached hydrogens (tertiary/aromatic N) is 3. The fourth-order valence-corrected chi connectivity index (χ4v) is 4.28. The van der Waals surface area contributed by atoms with E-state index in [0.29, 0.717) is 20.8 Å². The lowest BCUT2D eigenvalue weighted by atomic mass is 10.1. The number of nitrogens with one attached hydrogen (secondary N) is 1. The lowest BCUT2D eigenvalue weighted by molar-refractivity contribution is -0.118. The molecular weight excluding hydrogens is 443 g/mol. The topological polar surface area (TPSA) is 68.5 Å². The van der Waals surface area contributed by atoms with Gasteiger partial charge in [0.1, 0.15) is 5.75 Å². The second-order valence-electron chi connectivity index (χ2n) is 6.92. The SMILES string of the molecule is Cc1cc(C)c(C)c(OCC(=O)Nc2nc3scc(-c4cc(Cl)ccc4Cl)n3n2)c1. The van der Waals surface area contributed by atoms with E-state index in [2.05, 4.69) is 21.5 Å². The molecule has 2 heterocycles. The van der Waals surface area contributed by atoms with Gasteiger partial charge in [0.15, 0.2) is 6.61 Å². The van der Waals surface area contributed by atoms with Crippen LogP contribution >= 0.6 is 34.5 Å². The molecule has 0 radical (unpaired) electrons. The van der Waals surface area contributed by atoms with Crippen LogP contribution in [-0.2, 0) is 4.79 Å². The lowest BCUT2D eigenvalue weighted by Crippen LogP contribution is -2.21. The van der Waals surface area contributed by atoms with Crippen molar-refractivity contribution >= 4 is 51.4 Å². The van der Waals surface area contributed by atoms with E-state index in [1.165, 1.54) is 11.3 Å². The Morgan fingerprint density at radius 2 is 2.00 bits per heavy atom. The molecule has 2 aromatic carbocycles. The first kappa shape index (κ1) is 20.7. The summed E-state index contributed by atoms with van der Waals surface area (Å²) in [5.74, 6) is 0.556. The number of rotatable bonds is 5. The summed E-state index contributed by atoms with van der Waals surface area (Å²) < 4.78 is 7.34. The van der Waals surface area contributed by atoms with Crippen molar-refractivity contribution in [2.45, 2.75) is 20.8 Å². The highest BCUT2D eigenvalue weighted by Crippen LogP contribution is 2.33. The third-order valence-electron chi connectivity index (χ3n) is 4.66. The monoisotopic (exact) mass is 460 g/mol. The van der Waals surface area contributed by atoms with Crippen LogP contribution in [-0.4, -0.2) is 27.1 Å². The number of carbonyl (C=O) groups is 1. The van der Waals surface area contributed by atoms with Crippen molar-refractivity contribution in [3.8, 4) is 17.0 Å². The Labute approximate surface area is 187 Å². The van der Waals surface area contributed by atoms with Gasteiger partial charge in [0.25, 0.3) is 11.9 Å². The molecule has 1 amide bonds. The first-order chi connectivity index (χ1) is 14.3. The fourth-order valence-electron chi connectivity index (χ4n) is 3.07. The van der Waals surface area contributed by atoms with Crippen LogP contribution in [0, 0.1) is 20.8 Å². The number of ether oxygens (including phenoxy) is 1. The molecule has 6 nitrogen and oxygen atoms in total. The van der Waals surface area contributed by atoms with E-state index in [9.17, 15) is 4.79 Å². The zero-order valence-electron chi connectivity index (χ0n) is 16.5. The first-order valence-electron chi connectivity index (χ1n) is 9.12. The molecule has 0 unspecified atom stereocenters. The number of halogens is 2. The molecule has 30 heavy (non-hydrogen) atoms. The van der Waals surface area contributed by atoms with Crippen molar-refractivity contribution < 1.29 is 9.53 Å². The molecular formula is C21H18Cl2N4O2S. The third-order valence-corrected chi connectivity index (χ3v) is 6.04. The molecule has 0 fully saturated rings. The summed E-state index contributed by atoms with van der Waals surface area (Å²) in [6.07, 6.45) is 0. The maximum Gasteiger partial charge on any atom is 0.264 e. The van der Waals surface area contributed by atoms with Crippen molar-refractivity contribution in [2.24, 2.45) is 0 Å². The van der Waals surface area contributed by atoms with Crippen LogP contribution in [0.25, 0.3) is 16.2 Å². The number of hydrogen-bond acceptors (Lipinski definition) is 5. The summed E-state index contributed by atoms with van der Waals surface area (Å²) >= 11 is 13.8. The predicted octanol–water partition coefficient (Wildman–Crippen LogP) is 5.71. The Bertz CT molecular complexity index is 1270. The van der Waals surface area contributed by atoms with Crippen LogP contribution in [0.15, 0.2) is 35.7 Å². The molecule has 0 aliphatic carbocycles. The Balaban J connectivity index is 1.50. The zero-order chi connectivity index (χ0) is 21.4. The number of amides is 1. The summed E-state index contributed by atoms with van der Waals surface area (Å²) in [6.45, 7) is 5.84. The molecule has 154 valence electrons. The zero-order valence-corrected chi connectivity index (χ0v) is 18.8. The fraction of sp³-hybridized carbons (Fsp3) is 0.190. The summed E-state index contributed by atoms with van der Waals surface area (Å²) in [5, 5.41) is 10.1. The lowest BCUT2D eigenvalue weighted by Gasteiger charge is -2.11. The minimum atomic E-state index is -0.339. The van der Waals surface area contributed by atoms with Crippen LogP contribution in [0.2, 0.25) is 10.0 Å². The number of thiazole rings is 1. The molecule has 0 bridgehead atoms. The average molecular weight is 461 g/mol. The van der Waals surface area contributed by atoms with Crippen molar-refractivity contribution in [1.82, 2.24) is 14.6 Å². The van der Waals surface area contributed by atoms with Gasteiger partial charge in [-0.2, -0.15) is 4.98 Å². The molecule has 0 saturated heterocycles. The Morgan fingerprint density at radius 3 is 2.80 bits per heavy atom. The van der Waals surface area contributed by atoms with E-state index in [1.807, 2.05) is 32.2 Å². The van der Waals surface area contributed by atoms with Crippen LogP contribution < -0.4 is 10.1 Å². The Morgan fingerprint density at radius 1 is 1.20 bits per heavy atom. The van der Waals surface area contributed by atoms with Crippen LogP contribution in [0.5, 0.6) is 5.75 Å². The molecule has 0 saturated carbocycles. The number of fused-ring (bicyclic) bond motifs is 1. The number of aromatic nitrogens is 3. The molecule has 0 aliphatic heterocycles. The number of carbonyl (C=O) groups excluding carboxylic acids is 1. The van der Waals surface area contributed by atoms with E-state index in [1.54, 1.807) is 22.7 Å². The van der Waals surface area contributed by atoms with Gasteiger partial charge in [-0.25, -0.2) is 4.52 Å². The molecule has 0 atom stereocenters. The smallest absolute Gasteiger partial charge is 0.264 e. The largest absolute Gasteiger partial charge is 0.483 e. The minimum absolute atomic E-state index is 0.135. The van der Waals surface area contributed by atoms with Gasteiger partial charge in [-0.1, -0.05) is 29.3 Å². The van der Waals surface area contributed by atoms with Crippen molar-refractivity contribution in [1.29, 1.82) is 0 Å². The summed E-state index contributed by atoms with van der Waals surface area (Å²) in [4.78, 5) is 17.3. The Hall–Kier alpha value is -2.61. The highest BCUT2D eigenvalue weighted by Gasteiger charge is 2.16. The van der Waals surface area contributed by atoms with E-state index < -0.39 is 0 Å². The van der Waals surface area contributed by atoms with Gasteiger partial charge in [-0.05, 0) is 61.7 Å². The van der Waals surface area contributed by atoms with Crippen molar-refractivity contribution in [3.05, 3.63) is 62.4 Å². The molecule has 1 N–H and O–H groups in total. The molecule has 2 aromatic heterocycles. The Kier molecular flexibility index (Phi) is 5.69. The van der Waals surface area contributed by atoms with Gasteiger partial charge in [0, 0.05) is 16.0 Å².